The fourth-order valence-electron chi connectivity index (χ4n) is 8.16. The number of thiophene rings is 2. The number of benzene rings is 9. The van der Waals surface area contributed by atoms with Gasteiger partial charge < -0.3 is 4.90 Å². The van der Waals surface area contributed by atoms with Crippen molar-refractivity contribution in [2.24, 2.45) is 0 Å². The molecule has 11 rings (SSSR count). The maximum atomic E-state index is 2.41. The minimum atomic E-state index is 1.12. The smallest absolute Gasteiger partial charge is 0.0476 e. The minimum absolute atomic E-state index is 1.12. The van der Waals surface area contributed by atoms with Crippen LogP contribution in [0.5, 0.6) is 0 Å². The van der Waals surface area contributed by atoms with E-state index in [1.807, 2.05) is 22.7 Å². The van der Waals surface area contributed by atoms with E-state index in [-0.39, 0.29) is 0 Å². The quantitative estimate of drug-likeness (QED) is 0.172. The summed E-state index contributed by atoms with van der Waals surface area (Å²) in [5.41, 5.74) is 8.26. The lowest BCUT2D eigenvalue weighted by Crippen LogP contribution is -2.10. The first-order valence-electron chi connectivity index (χ1n) is 18.0. The minimum Gasteiger partial charge on any atom is -0.310 e. The van der Waals surface area contributed by atoms with Gasteiger partial charge in [0.1, 0.15) is 0 Å². The van der Waals surface area contributed by atoms with E-state index in [4.69, 9.17) is 0 Å². The topological polar surface area (TPSA) is 3.24 Å². The van der Waals surface area contributed by atoms with Crippen LogP contribution in [0.3, 0.4) is 0 Å². The van der Waals surface area contributed by atoms with Crippen LogP contribution in [0.2, 0.25) is 0 Å². The number of nitrogens with zero attached hydrogens (tertiary/aromatic N) is 1. The van der Waals surface area contributed by atoms with Crippen LogP contribution in [0.1, 0.15) is 0 Å². The van der Waals surface area contributed by atoms with Gasteiger partial charge in [-0.25, -0.2) is 0 Å². The van der Waals surface area contributed by atoms with E-state index in [1.54, 1.807) is 0 Å². The molecular weight excluding hydrogens is 679 g/mol. The molecule has 248 valence electrons. The van der Waals surface area contributed by atoms with Crippen LogP contribution < -0.4 is 4.90 Å². The predicted molar refractivity (Wildman–Crippen MR) is 233 cm³/mol. The number of hydrogen-bond donors (Lipinski definition) is 0. The Morgan fingerprint density at radius 1 is 0.321 bits per heavy atom. The Hall–Kier alpha value is -6.26. The summed E-state index contributed by atoms with van der Waals surface area (Å²) in [7, 11) is 0. The Morgan fingerprint density at radius 2 is 0.925 bits per heavy atom. The Balaban J connectivity index is 1.10. The second-order valence-electron chi connectivity index (χ2n) is 13.7. The molecule has 0 spiro atoms. The molecule has 0 aliphatic rings. The van der Waals surface area contributed by atoms with Gasteiger partial charge in [-0.3, -0.25) is 0 Å². The van der Waals surface area contributed by atoms with E-state index in [9.17, 15) is 0 Å². The first-order valence-corrected chi connectivity index (χ1v) is 19.6. The summed E-state index contributed by atoms with van der Waals surface area (Å²) in [5, 5.41) is 10.6. The molecule has 2 heterocycles. The van der Waals surface area contributed by atoms with Crippen molar-refractivity contribution >= 4 is 102 Å². The molecule has 53 heavy (non-hydrogen) atoms. The molecule has 0 aliphatic carbocycles. The lowest BCUT2D eigenvalue weighted by molar-refractivity contribution is 1.29. The third-order valence-corrected chi connectivity index (χ3v) is 13.0. The summed E-state index contributed by atoms with van der Waals surface area (Å²) in [6.45, 7) is 0. The van der Waals surface area contributed by atoms with Crippen molar-refractivity contribution in [3.05, 3.63) is 188 Å². The van der Waals surface area contributed by atoms with Gasteiger partial charge in [-0.1, -0.05) is 140 Å². The number of anilines is 3. The van der Waals surface area contributed by atoms with Crippen LogP contribution in [0.25, 0.3) is 84.1 Å². The van der Waals surface area contributed by atoms with E-state index in [0.29, 0.717) is 0 Å². The van der Waals surface area contributed by atoms with Crippen LogP contribution >= 0.6 is 22.7 Å². The van der Waals surface area contributed by atoms with E-state index in [1.165, 1.54) is 84.1 Å². The number of rotatable bonds is 5. The molecule has 0 N–H and O–H groups in total. The maximum absolute atomic E-state index is 2.41. The van der Waals surface area contributed by atoms with Gasteiger partial charge in [0.25, 0.3) is 0 Å². The molecule has 11 aromatic rings. The summed E-state index contributed by atoms with van der Waals surface area (Å²) in [6, 6.07) is 69.0. The van der Waals surface area contributed by atoms with Crippen molar-refractivity contribution in [2.45, 2.75) is 0 Å². The summed E-state index contributed by atoms with van der Waals surface area (Å²) < 4.78 is 5.34. The van der Waals surface area contributed by atoms with Crippen LogP contribution in [0.4, 0.5) is 17.1 Å². The molecule has 0 bridgehead atoms. The summed E-state index contributed by atoms with van der Waals surface area (Å²) >= 11 is 3.81. The summed E-state index contributed by atoms with van der Waals surface area (Å²) in [6.07, 6.45) is 0. The molecule has 0 fully saturated rings. The number of fused-ring (bicyclic) bond motifs is 10. The fourth-order valence-corrected chi connectivity index (χ4v) is 10.6. The van der Waals surface area contributed by atoms with E-state index >= 15 is 0 Å². The first kappa shape index (κ1) is 30.4. The van der Waals surface area contributed by atoms with E-state index in [2.05, 4.69) is 193 Å². The first-order chi connectivity index (χ1) is 26.3. The second kappa shape index (κ2) is 12.2. The van der Waals surface area contributed by atoms with Gasteiger partial charge in [0.05, 0.1) is 0 Å². The van der Waals surface area contributed by atoms with Crippen LogP contribution in [0.15, 0.2) is 188 Å². The van der Waals surface area contributed by atoms with E-state index < -0.39 is 0 Å². The molecule has 2 aromatic heterocycles. The summed E-state index contributed by atoms with van der Waals surface area (Å²) in [5.74, 6) is 0. The molecular formula is C50H31NS2. The molecule has 0 atom stereocenters. The van der Waals surface area contributed by atoms with Crippen LogP contribution in [0, 0.1) is 0 Å². The van der Waals surface area contributed by atoms with Crippen LogP contribution in [-0.4, -0.2) is 0 Å². The highest BCUT2D eigenvalue weighted by molar-refractivity contribution is 7.28. The third-order valence-electron chi connectivity index (χ3n) is 10.6. The molecule has 9 aromatic carbocycles. The second-order valence-corrected chi connectivity index (χ2v) is 15.8. The van der Waals surface area contributed by atoms with E-state index in [0.717, 1.165) is 17.1 Å². The van der Waals surface area contributed by atoms with Gasteiger partial charge in [-0.05, 0) is 92.3 Å². The fraction of sp³-hybridized carbons (Fsp3) is 0. The van der Waals surface area contributed by atoms with Gasteiger partial charge in [-0.2, -0.15) is 0 Å². The molecule has 0 radical (unpaired) electrons. The van der Waals surface area contributed by atoms with Crippen molar-refractivity contribution in [3.63, 3.8) is 0 Å². The SMILES string of the molecule is c1ccc(-c2ccc(N(c3cccc(-c4cccc5ccccc45)c3)c3ccc4c(c3)sc3ccc5sc6c7ccccc7ccc6c5c34)cc2)cc1. The van der Waals surface area contributed by atoms with Crippen molar-refractivity contribution in [3.8, 4) is 22.3 Å². The molecule has 0 aliphatic heterocycles. The molecule has 0 unspecified atom stereocenters. The monoisotopic (exact) mass is 709 g/mol. The zero-order valence-corrected chi connectivity index (χ0v) is 30.3. The lowest BCUT2D eigenvalue weighted by atomic mass is 9.97. The van der Waals surface area contributed by atoms with Gasteiger partial charge in [0, 0.05) is 57.4 Å². The van der Waals surface area contributed by atoms with Crippen molar-refractivity contribution in [2.75, 3.05) is 4.90 Å². The number of hydrogen-bond acceptors (Lipinski definition) is 3. The van der Waals surface area contributed by atoms with Crippen molar-refractivity contribution in [1.29, 1.82) is 0 Å². The normalized spacial score (nSPS) is 11.8. The maximum Gasteiger partial charge on any atom is 0.0476 e. The summed E-state index contributed by atoms with van der Waals surface area (Å²) in [4.78, 5) is 2.41. The van der Waals surface area contributed by atoms with Gasteiger partial charge in [-0.15, -0.1) is 22.7 Å². The Morgan fingerprint density at radius 3 is 1.77 bits per heavy atom. The zero-order chi connectivity index (χ0) is 34.9. The molecule has 0 amide bonds. The molecule has 1 nitrogen and oxygen atoms in total. The largest absolute Gasteiger partial charge is 0.310 e. The van der Waals surface area contributed by atoms with Gasteiger partial charge in [0.2, 0.25) is 0 Å². The Kier molecular flexibility index (Phi) is 6.97. The van der Waals surface area contributed by atoms with Crippen molar-refractivity contribution < 1.29 is 0 Å². The molecule has 0 saturated carbocycles. The standard InChI is InChI=1S/C50H31NS2/c1-2-10-32(11-3-1)33-20-23-37(24-21-33)51(38-16-8-15-36(30-38)41-19-9-14-34-12-4-6-17-40(34)41)39-25-27-43-47(31-39)52-45-28-29-46-49(48(43)45)44-26-22-35-13-5-7-18-42(35)50(44)53-46/h1-31H. The molecule has 0 saturated heterocycles. The Bertz CT molecular complexity index is 3160. The average Bonchev–Trinajstić information content (AvgIpc) is 3.80. The zero-order valence-electron chi connectivity index (χ0n) is 28.7. The predicted octanol–water partition coefficient (Wildman–Crippen LogP) is 15.5. The highest BCUT2D eigenvalue weighted by Crippen LogP contribution is 2.48. The average molecular weight is 710 g/mol. The Labute approximate surface area is 315 Å². The molecule has 3 heteroatoms. The lowest BCUT2D eigenvalue weighted by Gasteiger charge is -2.26. The van der Waals surface area contributed by atoms with Crippen molar-refractivity contribution in [1.82, 2.24) is 0 Å². The highest BCUT2D eigenvalue weighted by atomic mass is 32.1. The van der Waals surface area contributed by atoms with Gasteiger partial charge in [0.15, 0.2) is 0 Å². The van der Waals surface area contributed by atoms with Gasteiger partial charge >= 0.3 is 0 Å². The highest BCUT2D eigenvalue weighted by Gasteiger charge is 2.19. The van der Waals surface area contributed by atoms with Crippen LogP contribution in [-0.2, 0) is 0 Å². The third kappa shape index (κ3) is 4.97.